The molecule has 0 fully saturated rings. The Balaban J connectivity index is 1.64. The van der Waals surface area contributed by atoms with E-state index in [-0.39, 0.29) is 11.3 Å². The van der Waals surface area contributed by atoms with Crippen LogP contribution in [0.25, 0.3) is 11.4 Å². The second-order valence-corrected chi connectivity index (χ2v) is 7.00. The van der Waals surface area contributed by atoms with Crippen LogP contribution in [-0.2, 0) is 19.5 Å². The lowest BCUT2D eigenvalue weighted by Gasteiger charge is -2.28. The van der Waals surface area contributed by atoms with Crippen molar-refractivity contribution in [3.05, 3.63) is 69.6 Å². The van der Waals surface area contributed by atoms with E-state index in [9.17, 15) is 9.90 Å². The van der Waals surface area contributed by atoms with Gasteiger partial charge in [0.25, 0.3) is 5.56 Å². The minimum Gasteiger partial charge on any atom is -0.508 e. The number of aromatic hydroxyl groups is 1. The SMILES string of the molecule is COc1cc(O)cc(OC)c1CN1CCc2c(nc(-c3ccccc3)[nH]c2=O)C1. The lowest BCUT2D eigenvalue weighted by atomic mass is 10.0. The summed E-state index contributed by atoms with van der Waals surface area (Å²) in [5.74, 6) is 1.80. The third kappa shape index (κ3) is 3.82. The first kappa shape index (κ1) is 19.0. The summed E-state index contributed by atoms with van der Waals surface area (Å²) in [4.78, 5) is 22.4. The predicted octanol–water partition coefficient (Wildman–Crippen LogP) is 2.72. The molecule has 0 saturated carbocycles. The number of phenols is 1. The molecule has 29 heavy (non-hydrogen) atoms. The number of ether oxygens (including phenoxy) is 2. The number of rotatable bonds is 5. The van der Waals surface area contributed by atoms with E-state index in [2.05, 4.69) is 9.88 Å². The number of benzene rings is 2. The van der Waals surface area contributed by atoms with Crippen molar-refractivity contribution in [2.45, 2.75) is 19.5 Å². The van der Waals surface area contributed by atoms with E-state index < -0.39 is 0 Å². The van der Waals surface area contributed by atoms with Gasteiger partial charge in [0, 0.05) is 42.9 Å². The number of hydrogen-bond donors (Lipinski definition) is 2. The molecule has 0 spiro atoms. The summed E-state index contributed by atoms with van der Waals surface area (Å²) >= 11 is 0. The predicted molar refractivity (Wildman–Crippen MR) is 109 cm³/mol. The number of methoxy groups -OCH3 is 2. The van der Waals surface area contributed by atoms with Gasteiger partial charge in [-0.15, -0.1) is 0 Å². The van der Waals surface area contributed by atoms with Crippen LogP contribution >= 0.6 is 0 Å². The molecule has 1 aliphatic heterocycles. The minimum absolute atomic E-state index is 0.0757. The summed E-state index contributed by atoms with van der Waals surface area (Å²) < 4.78 is 10.9. The Labute approximate surface area is 168 Å². The molecule has 2 aromatic carbocycles. The second-order valence-electron chi connectivity index (χ2n) is 7.00. The van der Waals surface area contributed by atoms with Crippen molar-refractivity contribution in [3.63, 3.8) is 0 Å². The van der Waals surface area contributed by atoms with Crippen LogP contribution in [0.15, 0.2) is 47.3 Å². The van der Waals surface area contributed by atoms with Crippen LogP contribution in [0.3, 0.4) is 0 Å². The van der Waals surface area contributed by atoms with E-state index >= 15 is 0 Å². The fraction of sp³-hybridized carbons (Fsp3) is 0.273. The molecule has 7 nitrogen and oxygen atoms in total. The maximum Gasteiger partial charge on any atom is 0.254 e. The van der Waals surface area contributed by atoms with Gasteiger partial charge in [-0.1, -0.05) is 30.3 Å². The molecule has 0 radical (unpaired) electrons. The number of hydrogen-bond acceptors (Lipinski definition) is 6. The van der Waals surface area contributed by atoms with Crippen LogP contribution in [0, 0.1) is 0 Å². The zero-order chi connectivity index (χ0) is 20.4. The number of aromatic amines is 1. The fourth-order valence-electron chi connectivity index (χ4n) is 3.71. The van der Waals surface area contributed by atoms with Crippen molar-refractivity contribution in [2.75, 3.05) is 20.8 Å². The Kier molecular flexibility index (Phi) is 5.22. The Hall–Kier alpha value is -3.32. The zero-order valence-electron chi connectivity index (χ0n) is 16.4. The Morgan fingerprint density at radius 1 is 1.14 bits per heavy atom. The van der Waals surface area contributed by atoms with Crippen LogP contribution in [0.2, 0.25) is 0 Å². The highest BCUT2D eigenvalue weighted by molar-refractivity contribution is 5.55. The Morgan fingerprint density at radius 3 is 2.48 bits per heavy atom. The molecule has 1 aliphatic rings. The van der Waals surface area contributed by atoms with Crippen LogP contribution in [0.5, 0.6) is 17.2 Å². The molecule has 0 aliphatic carbocycles. The topological polar surface area (TPSA) is 87.7 Å². The third-order valence-electron chi connectivity index (χ3n) is 5.17. The van der Waals surface area contributed by atoms with Gasteiger partial charge in [0.1, 0.15) is 23.1 Å². The summed E-state index contributed by atoms with van der Waals surface area (Å²) in [5.41, 5.74) is 3.19. The lowest BCUT2D eigenvalue weighted by Crippen LogP contribution is -2.35. The molecule has 0 bridgehead atoms. The molecule has 2 heterocycles. The van der Waals surface area contributed by atoms with Gasteiger partial charge in [0.05, 0.1) is 25.5 Å². The van der Waals surface area contributed by atoms with Gasteiger partial charge in [0.2, 0.25) is 0 Å². The molecular weight excluding hydrogens is 370 g/mol. The summed E-state index contributed by atoms with van der Waals surface area (Å²) in [5, 5.41) is 9.86. The van der Waals surface area contributed by atoms with E-state index in [0.717, 1.165) is 28.9 Å². The van der Waals surface area contributed by atoms with Gasteiger partial charge in [0.15, 0.2) is 0 Å². The molecule has 0 amide bonds. The molecule has 3 aromatic rings. The minimum atomic E-state index is -0.0757. The monoisotopic (exact) mass is 393 g/mol. The van der Waals surface area contributed by atoms with Crippen molar-refractivity contribution in [1.82, 2.24) is 14.9 Å². The van der Waals surface area contributed by atoms with E-state index in [0.29, 0.717) is 36.8 Å². The Morgan fingerprint density at radius 2 is 1.83 bits per heavy atom. The quantitative estimate of drug-likeness (QED) is 0.693. The van der Waals surface area contributed by atoms with Gasteiger partial charge in [-0.2, -0.15) is 0 Å². The van der Waals surface area contributed by atoms with Crippen molar-refractivity contribution >= 4 is 0 Å². The zero-order valence-corrected chi connectivity index (χ0v) is 16.4. The molecule has 7 heteroatoms. The molecule has 0 atom stereocenters. The lowest BCUT2D eigenvalue weighted by molar-refractivity contribution is 0.232. The van der Waals surface area contributed by atoms with Gasteiger partial charge >= 0.3 is 0 Å². The molecule has 0 unspecified atom stereocenters. The molecule has 150 valence electrons. The summed E-state index contributed by atoms with van der Waals surface area (Å²) in [7, 11) is 3.13. The highest BCUT2D eigenvalue weighted by Crippen LogP contribution is 2.35. The summed E-state index contributed by atoms with van der Waals surface area (Å²) in [6, 6.07) is 12.8. The normalized spacial score (nSPS) is 13.7. The standard InChI is InChI=1S/C22H23N3O4/c1-28-19-10-15(26)11-20(29-2)17(19)12-25-9-8-16-18(13-25)23-21(24-22(16)27)14-6-4-3-5-7-14/h3-7,10-11,26H,8-9,12-13H2,1-2H3,(H,23,24,27). The maximum absolute atomic E-state index is 12.6. The highest BCUT2D eigenvalue weighted by Gasteiger charge is 2.24. The average Bonchev–Trinajstić information content (AvgIpc) is 2.75. The summed E-state index contributed by atoms with van der Waals surface area (Å²) in [6.45, 7) is 1.82. The van der Waals surface area contributed by atoms with Crippen molar-refractivity contribution in [3.8, 4) is 28.6 Å². The van der Waals surface area contributed by atoms with Crippen LogP contribution in [0.4, 0.5) is 0 Å². The number of nitrogens with zero attached hydrogens (tertiary/aromatic N) is 2. The Bertz CT molecular complexity index is 1050. The summed E-state index contributed by atoms with van der Waals surface area (Å²) in [6.07, 6.45) is 0.620. The number of aromatic nitrogens is 2. The first-order valence-corrected chi connectivity index (χ1v) is 9.42. The van der Waals surface area contributed by atoms with Crippen molar-refractivity contribution in [2.24, 2.45) is 0 Å². The first-order valence-electron chi connectivity index (χ1n) is 9.42. The number of fused-ring (bicyclic) bond motifs is 1. The molecule has 2 N–H and O–H groups in total. The smallest absolute Gasteiger partial charge is 0.254 e. The van der Waals surface area contributed by atoms with Gasteiger partial charge < -0.3 is 19.6 Å². The van der Waals surface area contributed by atoms with E-state index in [4.69, 9.17) is 14.5 Å². The molecule has 1 aromatic heterocycles. The second kappa shape index (κ2) is 7.97. The first-order chi connectivity index (χ1) is 14.1. The van der Waals surface area contributed by atoms with Crippen LogP contribution in [-0.4, -0.2) is 40.7 Å². The van der Waals surface area contributed by atoms with Gasteiger partial charge in [-0.3, -0.25) is 9.69 Å². The van der Waals surface area contributed by atoms with Crippen LogP contribution < -0.4 is 15.0 Å². The average molecular weight is 393 g/mol. The molecule has 4 rings (SSSR count). The number of nitrogens with one attached hydrogen (secondary N) is 1. The van der Waals surface area contributed by atoms with Gasteiger partial charge in [-0.05, 0) is 6.42 Å². The number of H-pyrrole nitrogens is 1. The molecule has 0 saturated heterocycles. The van der Waals surface area contributed by atoms with E-state index in [1.807, 2.05) is 30.3 Å². The number of phenolic OH excluding ortho intramolecular Hbond substituents is 1. The van der Waals surface area contributed by atoms with E-state index in [1.165, 1.54) is 0 Å². The molecular formula is C22H23N3O4. The van der Waals surface area contributed by atoms with Crippen molar-refractivity contribution in [1.29, 1.82) is 0 Å². The van der Waals surface area contributed by atoms with E-state index in [1.54, 1.807) is 26.4 Å². The van der Waals surface area contributed by atoms with Gasteiger partial charge in [-0.25, -0.2) is 4.98 Å². The maximum atomic E-state index is 12.6. The third-order valence-corrected chi connectivity index (χ3v) is 5.17. The highest BCUT2D eigenvalue weighted by atomic mass is 16.5. The van der Waals surface area contributed by atoms with Crippen LogP contribution in [0.1, 0.15) is 16.8 Å². The fourth-order valence-corrected chi connectivity index (χ4v) is 3.71. The van der Waals surface area contributed by atoms with Crippen molar-refractivity contribution < 1.29 is 14.6 Å². The largest absolute Gasteiger partial charge is 0.508 e.